The van der Waals surface area contributed by atoms with E-state index in [0.29, 0.717) is 5.41 Å². The van der Waals surface area contributed by atoms with E-state index < -0.39 is 0 Å². The highest BCUT2D eigenvalue weighted by Crippen LogP contribution is 2.42. The fourth-order valence-electron chi connectivity index (χ4n) is 4.12. The normalized spacial score (nSPS) is 21.4. The number of nitrogens with one attached hydrogen (secondary N) is 2. The number of piperidine rings is 1. The molecule has 2 fully saturated rings. The number of aromatic nitrogens is 1. The van der Waals surface area contributed by atoms with Gasteiger partial charge in [0, 0.05) is 32.1 Å². The summed E-state index contributed by atoms with van der Waals surface area (Å²) in [6, 6.07) is 0. The molecular weight excluding hydrogens is 342 g/mol. The third-order valence-corrected chi connectivity index (χ3v) is 7.16. The molecule has 1 saturated heterocycles. The number of likely N-dealkylation sites (tertiary alicyclic amines) is 1. The second-order valence-electron chi connectivity index (χ2n) is 8.09. The van der Waals surface area contributed by atoms with Gasteiger partial charge in [-0.15, -0.1) is 11.3 Å². The first-order valence-corrected chi connectivity index (χ1v) is 11.1. The lowest BCUT2D eigenvalue weighted by Gasteiger charge is -2.41. The van der Waals surface area contributed by atoms with E-state index in [1.165, 1.54) is 62.3 Å². The summed E-state index contributed by atoms with van der Waals surface area (Å²) in [5.74, 6) is 1.72. The summed E-state index contributed by atoms with van der Waals surface area (Å²) < 4.78 is 0. The molecule has 26 heavy (non-hydrogen) atoms. The zero-order valence-electron chi connectivity index (χ0n) is 16.7. The van der Waals surface area contributed by atoms with Crippen LogP contribution in [0.25, 0.3) is 0 Å². The molecule has 2 N–H and O–H groups in total. The lowest BCUT2D eigenvalue weighted by atomic mass is 9.67. The molecule has 1 saturated carbocycles. The van der Waals surface area contributed by atoms with E-state index >= 15 is 0 Å². The first-order chi connectivity index (χ1) is 12.6. The molecule has 5 nitrogen and oxygen atoms in total. The summed E-state index contributed by atoms with van der Waals surface area (Å²) in [7, 11) is 1.88. The van der Waals surface area contributed by atoms with Gasteiger partial charge in [-0.2, -0.15) is 0 Å². The number of aliphatic imine (C=N–C) groups is 1. The van der Waals surface area contributed by atoms with Crippen LogP contribution < -0.4 is 10.6 Å². The zero-order chi connectivity index (χ0) is 18.4. The van der Waals surface area contributed by atoms with Gasteiger partial charge in [0.05, 0.1) is 10.7 Å². The molecule has 0 spiro atoms. The third kappa shape index (κ3) is 5.19. The number of thiazole rings is 1. The van der Waals surface area contributed by atoms with Gasteiger partial charge in [-0.1, -0.05) is 13.3 Å². The molecule has 0 radical (unpaired) electrons. The number of rotatable bonds is 7. The van der Waals surface area contributed by atoms with Crippen LogP contribution in [0, 0.1) is 18.3 Å². The summed E-state index contributed by atoms with van der Waals surface area (Å²) >= 11 is 1.75. The van der Waals surface area contributed by atoms with E-state index in [9.17, 15) is 0 Å². The number of hydrogen-bond donors (Lipinski definition) is 2. The van der Waals surface area contributed by atoms with Gasteiger partial charge in [0.2, 0.25) is 0 Å². The van der Waals surface area contributed by atoms with Crippen molar-refractivity contribution in [1.82, 2.24) is 20.5 Å². The Bertz CT molecular complexity index is 579. The molecule has 1 aromatic rings. The molecule has 0 unspecified atom stereocenters. The lowest BCUT2D eigenvalue weighted by Crippen LogP contribution is -2.47. The second-order valence-corrected chi connectivity index (χ2v) is 9.15. The van der Waals surface area contributed by atoms with Crippen molar-refractivity contribution in [3.05, 3.63) is 16.1 Å². The monoisotopic (exact) mass is 377 g/mol. The Morgan fingerprint density at radius 1 is 1.35 bits per heavy atom. The van der Waals surface area contributed by atoms with E-state index in [1.54, 1.807) is 11.3 Å². The van der Waals surface area contributed by atoms with Crippen LogP contribution in [0.2, 0.25) is 0 Å². The summed E-state index contributed by atoms with van der Waals surface area (Å²) in [5.41, 5.74) is 1.76. The highest BCUT2D eigenvalue weighted by Gasteiger charge is 2.34. The molecule has 2 aliphatic rings. The van der Waals surface area contributed by atoms with Crippen molar-refractivity contribution in [2.45, 2.75) is 58.9 Å². The predicted molar refractivity (Wildman–Crippen MR) is 111 cm³/mol. The molecule has 146 valence electrons. The molecule has 0 atom stereocenters. The molecule has 0 aromatic carbocycles. The number of guanidine groups is 1. The summed E-state index contributed by atoms with van der Waals surface area (Å²) in [5, 5.41) is 10.5. The molecule has 3 rings (SSSR count). The number of aryl methyl sites for hydroxylation is 1. The van der Waals surface area contributed by atoms with Gasteiger partial charge in [-0.05, 0) is 63.5 Å². The van der Waals surface area contributed by atoms with Gasteiger partial charge in [-0.3, -0.25) is 9.89 Å². The van der Waals surface area contributed by atoms with E-state index in [4.69, 9.17) is 0 Å². The van der Waals surface area contributed by atoms with Crippen molar-refractivity contribution in [2.24, 2.45) is 16.3 Å². The van der Waals surface area contributed by atoms with E-state index in [1.807, 2.05) is 7.05 Å². The van der Waals surface area contributed by atoms with Gasteiger partial charge in [0.25, 0.3) is 0 Å². The summed E-state index contributed by atoms with van der Waals surface area (Å²) in [6.45, 7) is 9.85. The Hall–Kier alpha value is -1.14. The Labute approximate surface area is 162 Å². The zero-order valence-corrected chi connectivity index (χ0v) is 17.5. The Morgan fingerprint density at radius 2 is 2.12 bits per heavy atom. The van der Waals surface area contributed by atoms with Crippen molar-refractivity contribution >= 4 is 17.3 Å². The molecule has 6 heteroatoms. The SMILES string of the molecule is CCC1(CNC(=NC)NCC2CCN(Cc3csc(C)n3)CC2)CCC1. The quantitative estimate of drug-likeness (QED) is 0.565. The van der Waals surface area contributed by atoms with Gasteiger partial charge >= 0.3 is 0 Å². The molecule has 1 aliphatic carbocycles. The molecule has 2 heterocycles. The second kappa shape index (κ2) is 9.18. The van der Waals surface area contributed by atoms with Crippen LogP contribution in [0.4, 0.5) is 0 Å². The average molecular weight is 378 g/mol. The molecular formula is C20H35N5S. The van der Waals surface area contributed by atoms with E-state index in [-0.39, 0.29) is 0 Å². The first kappa shape index (κ1) is 19.6. The summed E-state index contributed by atoms with van der Waals surface area (Å²) in [4.78, 5) is 11.6. The molecule has 0 amide bonds. The minimum Gasteiger partial charge on any atom is -0.356 e. The highest BCUT2D eigenvalue weighted by atomic mass is 32.1. The van der Waals surface area contributed by atoms with Gasteiger partial charge in [-0.25, -0.2) is 4.98 Å². The van der Waals surface area contributed by atoms with Crippen molar-refractivity contribution < 1.29 is 0 Å². The molecule has 1 aliphatic heterocycles. The van der Waals surface area contributed by atoms with E-state index in [2.05, 4.69) is 44.7 Å². The smallest absolute Gasteiger partial charge is 0.191 e. The topological polar surface area (TPSA) is 52.6 Å². The highest BCUT2D eigenvalue weighted by molar-refractivity contribution is 7.09. The Morgan fingerprint density at radius 3 is 2.65 bits per heavy atom. The predicted octanol–water partition coefficient (Wildman–Crippen LogP) is 3.41. The van der Waals surface area contributed by atoms with Crippen molar-refractivity contribution in [3.63, 3.8) is 0 Å². The molecule has 0 bridgehead atoms. The lowest BCUT2D eigenvalue weighted by molar-refractivity contribution is 0.131. The fraction of sp³-hybridized carbons (Fsp3) is 0.800. The minimum atomic E-state index is 0.525. The van der Waals surface area contributed by atoms with Crippen molar-refractivity contribution in [3.8, 4) is 0 Å². The average Bonchev–Trinajstić information content (AvgIpc) is 3.03. The standard InChI is InChI=1S/C20H35N5S/c1-4-20(8-5-9-20)15-23-19(21-3)22-12-17-6-10-25(11-7-17)13-18-14-26-16(2)24-18/h14,17H,4-13,15H2,1-3H3,(H2,21,22,23). The molecule has 1 aromatic heterocycles. The van der Waals surface area contributed by atoms with Crippen molar-refractivity contribution in [1.29, 1.82) is 0 Å². The Kier molecular flexibility index (Phi) is 6.92. The van der Waals surface area contributed by atoms with Crippen LogP contribution in [0.15, 0.2) is 10.4 Å². The summed E-state index contributed by atoms with van der Waals surface area (Å²) in [6.07, 6.45) is 7.90. The number of hydrogen-bond acceptors (Lipinski definition) is 4. The van der Waals surface area contributed by atoms with Crippen LogP contribution in [0.3, 0.4) is 0 Å². The fourth-order valence-corrected chi connectivity index (χ4v) is 4.73. The van der Waals surface area contributed by atoms with Gasteiger partial charge < -0.3 is 10.6 Å². The van der Waals surface area contributed by atoms with Crippen LogP contribution in [0.1, 0.15) is 56.2 Å². The number of nitrogens with zero attached hydrogens (tertiary/aromatic N) is 3. The Balaban J connectivity index is 1.34. The first-order valence-electron chi connectivity index (χ1n) is 10.2. The van der Waals surface area contributed by atoms with E-state index in [0.717, 1.165) is 31.5 Å². The largest absolute Gasteiger partial charge is 0.356 e. The van der Waals surface area contributed by atoms with Crippen LogP contribution in [-0.4, -0.2) is 49.1 Å². The maximum Gasteiger partial charge on any atom is 0.191 e. The van der Waals surface area contributed by atoms with Crippen molar-refractivity contribution in [2.75, 3.05) is 33.2 Å². The minimum absolute atomic E-state index is 0.525. The maximum absolute atomic E-state index is 4.59. The maximum atomic E-state index is 4.59. The van der Waals surface area contributed by atoms with Crippen LogP contribution in [-0.2, 0) is 6.54 Å². The van der Waals surface area contributed by atoms with Gasteiger partial charge in [0.1, 0.15) is 0 Å². The van der Waals surface area contributed by atoms with Gasteiger partial charge in [0.15, 0.2) is 5.96 Å². The third-order valence-electron chi connectivity index (χ3n) is 6.34. The van der Waals surface area contributed by atoms with Crippen LogP contribution >= 0.6 is 11.3 Å². The van der Waals surface area contributed by atoms with Crippen LogP contribution in [0.5, 0.6) is 0 Å².